The van der Waals surface area contributed by atoms with Crippen molar-refractivity contribution in [2.24, 2.45) is 11.7 Å². The lowest BCUT2D eigenvalue weighted by atomic mass is 9.89. The van der Waals surface area contributed by atoms with E-state index in [1.54, 1.807) is 0 Å². The summed E-state index contributed by atoms with van der Waals surface area (Å²) in [5.41, 5.74) is 15.4. The Morgan fingerprint density at radius 2 is 1.81 bits per heavy atom. The van der Waals surface area contributed by atoms with E-state index in [1.807, 2.05) is 12.1 Å². The second-order valence-corrected chi connectivity index (χ2v) is 5.95. The molecule has 3 nitrogen and oxygen atoms in total. The minimum absolute atomic E-state index is 0.536. The van der Waals surface area contributed by atoms with Crippen molar-refractivity contribution in [1.29, 1.82) is 0 Å². The SMILES string of the molecule is NC[C@@H]1CN(Cc2cccc(N)c2)C[C@H]1c1ccccc1. The first-order valence-corrected chi connectivity index (χ1v) is 7.58. The van der Waals surface area contributed by atoms with E-state index in [1.165, 1.54) is 11.1 Å². The highest BCUT2D eigenvalue weighted by atomic mass is 15.2. The van der Waals surface area contributed by atoms with Gasteiger partial charge in [-0.25, -0.2) is 0 Å². The lowest BCUT2D eigenvalue weighted by molar-refractivity contribution is 0.317. The van der Waals surface area contributed by atoms with Gasteiger partial charge in [-0.15, -0.1) is 0 Å². The van der Waals surface area contributed by atoms with Gasteiger partial charge in [0.15, 0.2) is 0 Å². The van der Waals surface area contributed by atoms with E-state index in [0.29, 0.717) is 11.8 Å². The van der Waals surface area contributed by atoms with Gasteiger partial charge >= 0.3 is 0 Å². The van der Waals surface area contributed by atoms with Crippen molar-refractivity contribution in [2.45, 2.75) is 12.5 Å². The Labute approximate surface area is 126 Å². The van der Waals surface area contributed by atoms with Gasteiger partial charge in [0.05, 0.1) is 0 Å². The fourth-order valence-electron chi connectivity index (χ4n) is 3.36. The van der Waals surface area contributed by atoms with Crippen molar-refractivity contribution in [2.75, 3.05) is 25.4 Å². The van der Waals surface area contributed by atoms with E-state index >= 15 is 0 Å². The van der Waals surface area contributed by atoms with Crippen molar-refractivity contribution >= 4 is 5.69 Å². The van der Waals surface area contributed by atoms with Crippen LogP contribution in [-0.4, -0.2) is 24.5 Å². The summed E-state index contributed by atoms with van der Waals surface area (Å²) < 4.78 is 0. The van der Waals surface area contributed by atoms with Crippen LogP contribution in [0.1, 0.15) is 17.0 Å². The molecule has 3 rings (SSSR count). The van der Waals surface area contributed by atoms with E-state index in [0.717, 1.165) is 31.9 Å². The molecule has 1 aliphatic rings. The molecule has 0 amide bonds. The van der Waals surface area contributed by atoms with Gasteiger partial charge < -0.3 is 11.5 Å². The van der Waals surface area contributed by atoms with E-state index in [-0.39, 0.29) is 0 Å². The van der Waals surface area contributed by atoms with Gasteiger partial charge in [-0.3, -0.25) is 4.90 Å². The quantitative estimate of drug-likeness (QED) is 0.846. The molecule has 2 aromatic rings. The van der Waals surface area contributed by atoms with E-state index in [2.05, 4.69) is 47.4 Å². The maximum absolute atomic E-state index is 5.99. The van der Waals surface area contributed by atoms with Crippen LogP contribution in [0.2, 0.25) is 0 Å². The Bertz CT molecular complexity index is 582. The predicted molar refractivity (Wildman–Crippen MR) is 87.9 cm³/mol. The molecular formula is C18H23N3. The van der Waals surface area contributed by atoms with Gasteiger partial charge in [0.2, 0.25) is 0 Å². The molecule has 1 aliphatic heterocycles. The number of benzene rings is 2. The van der Waals surface area contributed by atoms with Gasteiger partial charge in [0, 0.05) is 31.2 Å². The predicted octanol–water partition coefficient (Wildman–Crippen LogP) is 2.44. The van der Waals surface area contributed by atoms with Gasteiger partial charge in [-0.05, 0) is 35.7 Å². The summed E-state index contributed by atoms with van der Waals surface area (Å²) in [6.07, 6.45) is 0. The number of nitrogens with two attached hydrogens (primary N) is 2. The normalized spacial score (nSPS) is 22.5. The Hall–Kier alpha value is -1.84. The topological polar surface area (TPSA) is 55.3 Å². The first kappa shape index (κ1) is 14.1. The molecule has 3 heteroatoms. The van der Waals surface area contributed by atoms with Gasteiger partial charge in [0.1, 0.15) is 0 Å². The van der Waals surface area contributed by atoms with E-state index < -0.39 is 0 Å². The van der Waals surface area contributed by atoms with Crippen molar-refractivity contribution in [3.8, 4) is 0 Å². The third-order valence-corrected chi connectivity index (χ3v) is 4.40. The van der Waals surface area contributed by atoms with Crippen molar-refractivity contribution < 1.29 is 0 Å². The highest BCUT2D eigenvalue weighted by Gasteiger charge is 2.32. The zero-order valence-electron chi connectivity index (χ0n) is 12.3. The van der Waals surface area contributed by atoms with Gasteiger partial charge in [-0.2, -0.15) is 0 Å². The maximum Gasteiger partial charge on any atom is 0.0317 e. The smallest absolute Gasteiger partial charge is 0.0317 e. The van der Waals surface area contributed by atoms with Crippen LogP contribution in [0.5, 0.6) is 0 Å². The summed E-state index contributed by atoms with van der Waals surface area (Å²) in [7, 11) is 0. The maximum atomic E-state index is 5.99. The summed E-state index contributed by atoms with van der Waals surface area (Å²) >= 11 is 0. The molecule has 0 saturated carbocycles. The number of hydrogen-bond donors (Lipinski definition) is 2. The molecule has 110 valence electrons. The average molecular weight is 281 g/mol. The van der Waals surface area contributed by atoms with Crippen molar-refractivity contribution in [1.82, 2.24) is 4.90 Å². The number of likely N-dealkylation sites (tertiary alicyclic amines) is 1. The number of rotatable bonds is 4. The van der Waals surface area contributed by atoms with Crippen LogP contribution in [0, 0.1) is 5.92 Å². The molecule has 1 heterocycles. The summed E-state index contributed by atoms with van der Waals surface area (Å²) in [5, 5.41) is 0. The number of nitrogens with zero attached hydrogens (tertiary/aromatic N) is 1. The highest BCUT2D eigenvalue weighted by molar-refractivity contribution is 5.40. The molecule has 1 fully saturated rings. The van der Waals surface area contributed by atoms with Crippen molar-refractivity contribution in [3.63, 3.8) is 0 Å². The van der Waals surface area contributed by atoms with Crippen LogP contribution >= 0.6 is 0 Å². The zero-order valence-corrected chi connectivity index (χ0v) is 12.3. The number of hydrogen-bond acceptors (Lipinski definition) is 3. The van der Waals surface area contributed by atoms with Crippen LogP contribution in [0.3, 0.4) is 0 Å². The number of anilines is 1. The molecule has 0 spiro atoms. The third-order valence-electron chi connectivity index (χ3n) is 4.40. The molecule has 0 bridgehead atoms. The minimum atomic E-state index is 0.536. The lowest BCUT2D eigenvalue weighted by Crippen LogP contribution is -2.23. The zero-order chi connectivity index (χ0) is 14.7. The Morgan fingerprint density at radius 1 is 1.00 bits per heavy atom. The summed E-state index contributed by atoms with van der Waals surface area (Å²) in [6.45, 7) is 3.82. The Kier molecular flexibility index (Phi) is 4.23. The fraction of sp³-hybridized carbons (Fsp3) is 0.333. The molecule has 1 saturated heterocycles. The second kappa shape index (κ2) is 6.29. The first-order chi connectivity index (χ1) is 10.3. The van der Waals surface area contributed by atoms with Crippen molar-refractivity contribution in [3.05, 3.63) is 65.7 Å². The second-order valence-electron chi connectivity index (χ2n) is 5.95. The summed E-state index contributed by atoms with van der Waals surface area (Å²) in [6, 6.07) is 18.9. The van der Waals surface area contributed by atoms with Crippen LogP contribution in [-0.2, 0) is 6.54 Å². The molecule has 4 N–H and O–H groups in total. The number of nitrogen functional groups attached to an aromatic ring is 1. The Balaban J connectivity index is 1.72. The monoisotopic (exact) mass is 281 g/mol. The molecule has 0 aliphatic carbocycles. The third kappa shape index (κ3) is 3.26. The highest BCUT2D eigenvalue weighted by Crippen LogP contribution is 2.32. The molecule has 2 aromatic carbocycles. The summed E-state index contributed by atoms with van der Waals surface area (Å²) in [5.74, 6) is 1.07. The summed E-state index contributed by atoms with van der Waals surface area (Å²) in [4.78, 5) is 2.49. The molecule has 0 aromatic heterocycles. The molecule has 0 unspecified atom stereocenters. The molecule has 0 radical (unpaired) electrons. The van der Waals surface area contributed by atoms with Crippen LogP contribution in [0.4, 0.5) is 5.69 Å². The van der Waals surface area contributed by atoms with Crippen LogP contribution in [0.25, 0.3) is 0 Å². The standard InChI is InChI=1S/C18H23N3/c19-10-16-12-21(11-14-5-4-8-17(20)9-14)13-18(16)15-6-2-1-3-7-15/h1-9,16,18H,10-13,19-20H2/t16-,18+/m1/s1. The van der Waals surface area contributed by atoms with E-state index in [9.17, 15) is 0 Å². The average Bonchev–Trinajstić information content (AvgIpc) is 2.91. The van der Waals surface area contributed by atoms with E-state index in [4.69, 9.17) is 11.5 Å². The van der Waals surface area contributed by atoms with Crippen LogP contribution in [0.15, 0.2) is 54.6 Å². The fourth-order valence-corrected chi connectivity index (χ4v) is 3.36. The largest absolute Gasteiger partial charge is 0.399 e. The lowest BCUT2D eigenvalue weighted by Gasteiger charge is -2.17. The van der Waals surface area contributed by atoms with Gasteiger partial charge in [0.25, 0.3) is 0 Å². The Morgan fingerprint density at radius 3 is 2.52 bits per heavy atom. The van der Waals surface area contributed by atoms with Gasteiger partial charge in [-0.1, -0.05) is 42.5 Å². The van der Waals surface area contributed by atoms with Crippen LogP contribution < -0.4 is 11.5 Å². The molecule has 2 atom stereocenters. The first-order valence-electron chi connectivity index (χ1n) is 7.58. The molecule has 21 heavy (non-hydrogen) atoms. The molecular weight excluding hydrogens is 258 g/mol. The minimum Gasteiger partial charge on any atom is -0.399 e.